The highest BCUT2D eigenvalue weighted by molar-refractivity contribution is 7.98. The van der Waals surface area contributed by atoms with E-state index in [0.717, 1.165) is 28.6 Å². The number of carbonyl (C=O) groups excluding carboxylic acids is 1. The molecule has 0 aromatic carbocycles. The number of thiophene rings is 1. The van der Waals surface area contributed by atoms with Gasteiger partial charge in [0, 0.05) is 10.3 Å². The van der Waals surface area contributed by atoms with E-state index in [-0.39, 0.29) is 5.97 Å². The molecule has 25 heavy (non-hydrogen) atoms. The molecule has 7 heteroatoms. The fourth-order valence-corrected chi connectivity index (χ4v) is 5.63. The molecule has 0 spiro atoms. The lowest BCUT2D eigenvalue weighted by Gasteiger charge is -2.18. The van der Waals surface area contributed by atoms with Crippen molar-refractivity contribution >= 4 is 39.3 Å². The molecule has 0 radical (unpaired) electrons. The molecule has 0 fully saturated rings. The van der Waals surface area contributed by atoms with Crippen molar-refractivity contribution in [1.82, 2.24) is 9.97 Å². The molecule has 1 atom stereocenters. The molecule has 3 aromatic heterocycles. The zero-order chi connectivity index (χ0) is 17.4. The Balaban J connectivity index is 1.64. The largest absolute Gasteiger partial charge is 0.468 e. The fraction of sp³-hybridized carbons (Fsp3) is 0.389. The molecule has 5 nitrogen and oxygen atoms in total. The molecule has 1 aliphatic rings. The number of rotatable bonds is 4. The van der Waals surface area contributed by atoms with Crippen LogP contribution >= 0.6 is 23.1 Å². The molecule has 130 valence electrons. The molecule has 0 amide bonds. The third kappa shape index (κ3) is 3.06. The van der Waals surface area contributed by atoms with Gasteiger partial charge in [-0.05, 0) is 36.8 Å². The maximum Gasteiger partial charge on any atom is 0.341 e. The lowest BCUT2D eigenvalue weighted by atomic mass is 9.89. The number of methoxy groups -OCH3 is 1. The first-order valence-corrected chi connectivity index (χ1v) is 10.00. The molecular weight excluding hydrogens is 356 g/mol. The van der Waals surface area contributed by atoms with E-state index < -0.39 is 0 Å². The number of ether oxygens (including phenoxy) is 1. The summed E-state index contributed by atoms with van der Waals surface area (Å²) in [5.41, 5.74) is 1.88. The maximum atomic E-state index is 11.8. The number of fused-ring (bicyclic) bond motifs is 3. The van der Waals surface area contributed by atoms with E-state index in [1.807, 2.05) is 0 Å². The van der Waals surface area contributed by atoms with Gasteiger partial charge in [-0.25, -0.2) is 14.8 Å². The number of aromatic nitrogens is 2. The van der Waals surface area contributed by atoms with Crippen molar-refractivity contribution < 1.29 is 13.9 Å². The summed E-state index contributed by atoms with van der Waals surface area (Å²) in [5, 5.41) is 2.15. The predicted molar refractivity (Wildman–Crippen MR) is 98.2 cm³/mol. The zero-order valence-corrected chi connectivity index (χ0v) is 15.7. The van der Waals surface area contributed by atoms with Gasteiger partial charge in [-0.2, -0.15) is 0 Å². The summed E-state index contributed by atoms with van der Waals surface area (Å²) in [5.74, 6) is 1.50. The Bertz CT molecular complexity index is 932. The van der Waals surface area contributed by atoms with Crippen LogP contribution in [-0.4, -0.2) is 23.0 Å². The van der Waals surface area contributed by atoms with Crippen molar-refractivity contribution in [1.29, 1.82) is 0 Å². The maximum absolute atomic E-state index is 11.8. The molecule has 0 saturated carbocycles. The summed E-state index contributed by atoms with van der Waals surface area (Å²) in [4.78, 5) is 23.3. The summed E-state index contributed by atoms with van der Waals surface area (Å²) in [6.07, 6.45) is 6.57. The van der Waals surface area contributed by atoms with E-state index in [1.54, 1.807) is 35.5 Å². The average molecular weight is 374 g/mol. The van der Waals surface area contributed by atoms with Gasteiger partial charge in [0.25, 0.3) is 0 Å². The Morgan fingerprint density at radius 3 is 3.20 bits per heavy atom. The molecule has 4 rings (SSSR count). The number of furan rings is 1. The lowest BCUT2D eigenvalue weighted by Crippen LogP contribution is -2.08. The summed E-state index contributed by atoms with van der Waals surface area (Å²) in [6.45, 7) is 2.31. The summed E-state index contributed by atoms with van der Waals surface area (Å²) >= 11 is 3.37. The van der Waals surface area contributed by atoms with E-state index in [0.29, 0.717) is 17.1 Å². The first kappa shape index (κ1) is 16.6. The van der Waals surface area contributed by atoms with Crippen LogP contribution in [0, 0.1) is 5.92 Å². The molecule has 0 aliphatic heterocycles. The monoisotopic (exact) mass is 374 g/mol. The minimum absolute atomic E-state index is 0.376. The normalized spacial score (nSPS) is 16.8. The topological polar surface area (TPSA) is 65.2 Å². The molecule has 0 N–H and O–H groups in total. The van der Waals surface area contributed by atoms with E-state index in [1.165, 1.54) is 35.6 Å². The van der Waals surface area contributed by atoms with E-state index in [2.05, 4.69) is 16.9 Å². The van der Waals surface area contributed by atoms with Gasteiger partial charge in [-0.1, -0.05) is 18.7 Å². The van der Waals surface area contributed by atoms with Crippen LogP contribution < -0.4 is 0 Å². The first-order chi connectivity index (χ1) is 12.2. The number of hydrogen-bond donors (Lipinski definition) is 0. The van der Waals surface area contributed by atoms with Crippen LogP contribution in [-0.2, 0) is 23.3 Å². The SMILES string of the molecule is COC(=O)c1ccoc1CSc1ncnc2sc3c(c12)CCC(C)C3. The second kappa shape index (κ2) is 6.80. The Morgan fingerprint density at radius 1 is 1.48 bits per heavy atom. The summed E-state index contributed by atoms with van der Waals surface area (Å²) < 4.78 is 10.3. The number of carbonyl (C=O) groups is 1. The van der Waals surface area contributed by atoms with Crippen molar-refractivity contribution in [3.05, 3.63) is 40.4 Å². The Kier molecular flexibility index (Phi) is 4.52. The van der Waals surface area contributed by atoms with E-state index in [9.17, 15) is 4.79 Å². The highest BCUT2D eigenvalue weighted by Gasteiger charge is 2.23. The van der Waals surface area contributed by atoms with Crippen molar-refractivity contribution in [3.8, 4) is 0 Å². The second-order valence-electron chi connectivity index (χ2n) is 6.25. The zero-order valence-electron chi connectivity index (χ0n) is 14.1. The van der Waals surface area contributed by atoms with E-state index in [4.69, 9.17) is 9.15 Å². The van der Waals surface area contributed by atoms with Crippen molar-refractivity contribution in [2.75, 3.05) is 7.11 Å². The Hall–Kier alpha value is -1.86. The van der Waals surface area contributed by atoms with Crippen LogP contribution in [0.15, 0.2) is 28.1 Å². The van der Waals surface area contributed by atoms with Gasteiger partial charge in [0.2, 0.25) is 0 Å². The van der Waals surface area contributed by atoms with Gasteiger partial charge < -0.3 is 9.15 Å². The van der Waals surface area contributed by atoms with Crippen molar-refractivity contribution in [3.63, 3.8) is 0 Å². The highest BCUT2D eigenvalue weighted by Crippen LogP contribution is 2.41. The second-order valence-corrected chi connectivity index (χ2v) is 8.30. The highest BCUT2D eigenvalue weighted by atomic mass is 32.2. The predicted octanol–water partition coefficient (Wildman–Crippen LogP) is 4.49. The quantitative estimate of drug-likeness (QED) is 0.381. The van der Waals surface area contributed by atoms with Crippen LogP contribution in [0.3, 0.4) is 0 Å². The number of esters is 1. The first-order valence-electron chi connectivity index (χ1n) is 8.20. The third-order valence-electron chi connectivity index (χ3n) is 4.55. The minimum Gasteiger partial charge on any atom is -0.468 e. The molecule has 1 aliphatic carbocycles. The molecule has 3 aromatic rings. The van der Waals surface area contributed by atoms with Gasteiger partial charge >= 0.3 is 5.97 Å². The van der Waals surface area contributed by atoms with Gasteiger partial charge in [-0.3, -0.25) is 0 Å². The minimum atomic E-state index is -0.376. The third-order valence-corrected chi connectivity index (χ3v) is 6.70. The summed E-state index contributed by atoms with van der Waals surface area (Å²) in [6, 6.07) is 1.64. The molecule has 0 saturated heterocycles. The fourth-order valence-electron chi connectivity index (χ4n) is 3.23. The Morgan fingerprint density at radius 2 is 2.36 bits per heavy atom. The van der Waals surface area contributed by atoms with E-state index >= 15 is 0 Å². The number of nitrogens with zero attached hydrogens (tertiary/aromatic N) is 2. The van der Waals surface area contributed by atoms with Gasteiger partial charge in [0.15, 0.2) is 0 Å². The number of thioether (sulfide) groups is 1. The van der Waals surface area contributed by atoms with Crippen LogP contribution in [0.4, 0.5) is 0 Å². The standard InChI is InChI=1S/C18H18N2O3S2/c1-10-3-4-12-14(7-10)25-17-15(12)16(19-9-20-17)24-8-13-11(5-6-23-13)18(21)22-2/h5-6,9-10H,3-4,7-8H2,1-2H3. The van der Waals surface area contributed by atoms with Crippen molar-refractivity contribution in [2.24, 2.45) is 5.92 Å². The van der Waals surface area contributed by atoms with Crippen LogP contribution in [0.25, 0.3) is 10.2 Å². The number of aryl methyl sites for hydroxylation is 1. The molecule has 3 heterocycles. The molecule has 0 bridgehead atoms. The van der Waals surface area contributed by atoms with Crippen LogP contribution in [0.5, 0.6) is 0 Å². The average Bonchev–Trinajstić information content (AvgIpc) is 3.22. The van der Waals surface area contributed by atoms with Gasteiger partial charge in [0.1, 0.15) is 27.5 Å². The van der Waals surface area contributed by atoms with Gasteiger partial charge in [0.05, 0.1) is 19.1 Å². The van der Waals surface area contributed by atoms with Crippen molar-refractivity contribution in [2.45, 2.75) is 37.0 Å². The molecule has 1 unspecified atom stereocenters. The van der Waals surface area contributed by atoms with Crippen LogP contribution in [0.1, 0.15) is 39.9 Å². The Labute approximate surface area is 153 Å². The molecular formula is C18H18N2O3S2. The van der Waals surface area contributed by atoms with Crippen LogP contribution in [0.2, 0.25) is 0 Å². The van der Waals surface area contributed by atoms with Gasteiger partial charge in [-0.15, -0.1) is 11.3 Å². The number of hydrogen-bond acceptors (Lipinski definition) is 7. The summed E-state index contributed by atoms with van der Waals surface area (Å²) in [7, 11) is 1.37. The smallest absolute Gasteiger partial charge is 0.341 e. The lowest BCUT2D eigenvalue weighted by molar-refractivity contribution is 0.0598.